The van der Waals surface area contributed by atoms with Crippen LogP contribution in [0.1, 0.15) is 29.1 Å². The fraction of sp³-hybridized carbons (Fsp3) is 0.333. The van der Waals surface area contributed by atoms with Crippen molar-refractivity contribution in [2.75, 3.05) is 6.61 Å². The maximum absolute atomic E-state index is 13.1. The molecular formula is C15H10ClF6NO2. The van der Waals surface area contributed by atoms with Crippen LogP contribution >= 0.6 is 11.6 Å². The lowest BCUT2D eigenvalue weighted by Crippen LogP contribution is -2.14. The Labute approximate surface area is 142 Å². The van der Waals surface area contributed by atoms with Crippen molar-refractivity contribution in [3.05, 3.63) is 41.1 Å². The van der Waals surface area contributed by atoms with Gasteiger partial charge in [0.2, 0.25) is 0 Å². The molecule has 0 bridgehead atoms. The van der Waals surface area contributed by atoms with Crippen LogP contribution in [0.3, 0.4) is 0 Å². The first-order chi connectivity index (χ1) is 11.4. The Morgan fingerprint density at radius 2 is 1.84 bits per heavy atom. The Bertz CT molecular complexity index is 803. The van der Waals surface area contributed by atoms with Crippen LogP contribution in [0.2, 0.25) is 0 Å². The lowest BCUT2D eigenvalue weighted by molar-refractivity contribution is -0.142. The molecule has 3 nitrogen and oxygen atoms in total. The lowest BCUT2D eigenvalue weighted by atomic mass is 10.0. The van der Waals surface area contributed by atoms with Gasteiger partial charge in [0.15, 0.2) is 0 Å². The van der Waals surface area contributed by atoms with Gasteiger partial charge in [-0.05, 0) is 17.7 Å². The van der Waals surface area contributed by atoms with Crippen molar-refractivity contribution in [2.45, 2.75) is 24.7 Å². The molecule has 1 aromatic heterocycles. The van der Waals surface area contributed by atoms with Crippen LogP contribution in [-0.4, -0.2) is 17.6 Å². The van der Waals surface area contributed by atoms with Gasteiger partial charge in [0, 0.05) is 12.3 Å². The van der Waals surface area contributed by atoms with Crippen molar-refractivity contribution in [3.63, 3.8) is 0 Å². The minimum Gasteiger partial charge on any atom is -0.464 e. The molecule has 2 aromatic rings. The Balaban J connectivity index is 2.73. The molecule has 0 unspecified atom stereocenters. The smallest absolute Gasteiger partial charge is 0.433 e. The van der Waals surface area contributed by atoms with Gasteiger partial charge >= 0.3 is 18.3 Å². The van der Waals surface area contributed by atoms with Crippen molar-refractivity contribution >= 4 is 28.5 Å². The van der Waals surface area contributed by atoms with Crippen molar-refractivity contribution in [1.29, 1.82) is 0 Å². The summed E-state index contributed by atoms with van der Waals surface area (Å²) in [6, 6.07) is 3.41. The molecule has 10 heteroatoms. The molecular weight excluding hydrogens is 376 g/mol. The third-order valence-corrected chi connectivity index (χ3v) is 3.60. The van der Waals surface area contributed by atoms with Gasteiger partial charge < -0.3 is 4.74 Å². The quantitative estimate of drug-likeness (QED) is 0.418. The fourth-order valence-electron chi connectivity index (χ4n) is 2.19. The lowest BCUT2D eigenvalue weighted by Gasteiger charge is -2.18. The summed E-state index contributed by atoms with van der Waals surface area (Å²) in [4.78, 5) is 14.0. The largest absolute Gasteiger partial charge is 0.464 e. The van der Waals surface area contributed by atoms with Gasteiger partial charge in [-0.15, -0.1) is 11.6 Å². The van der Waals surface area contributed by atoms with Crippen molar-refractivity contribution in [3.8, 4) is 0 Å². The number of alkyl halides is 7. The second-order valence-electron chi connectivity index (χ2n) is 5.06. The average Bonchev–Trinajstić information content (AvgIpc) is 2.48. The number of hydrogen-bond acceptors (Lipinski definition) is 3. The standard InChI is InChI=1S/C15H10ClF6NO2/c1-7(24)25-6-11(16)9-5-12(15(20,21)22)23-13-8(9)3-2-4-10(13)14(17,18)19/h2-5,11H,6H2,1H3/t11-/m1/s1. The maximum Gasteiger partial charge on any atom is 0.433 e. The topological polar surface area (TPSA) is 39.2 Å². The molecule has 0 aliphatic carbocycles. The monoisotopic (exact) mass is 385 g/mol. The molecule has 0 radical (unpaired) electrons. The number of hydrogen-bond donors (Lipinski definition) is 0. The summed E-state index contributed by atoms with van der Waals surface area (Å²) < 4.78 is 83.1. The van der Waals surface area contributed by atoms with Crippen molar-refractivity contribution in [2.24, 2.45) is 0 Å². The number of esters is 1. The second-order valence-corrected chi connectivity index (χ2v) is 5.59. The summed E-state index contributed by atoms with van der Waals surface area (Å²) in [6.07, 6.45) is -9.87. The molecule has 0 aliphatic rings. The van der Waals surface area contributed by atoms with E-state index < -0.39 is 47.1 Å². The van der Waals surface area contributed by atoms with Gasteiger partial charge in [-0.3, -0.25) is 4.79 Å². The normalized spacial score (nSPS) is 13.8. The maximum atomic E-state index is 13.1. The van der Waals surface area contributed by atoms with E-state index in [2.05, 4.69) is 9.72 Å². The van der Waals surface area contributed by atoms with Gasteiger partial charge in [-0.2, -0.15) is 26.3 Å². The zero-order valence-electron chi connectivity index (χ0n) is 12.5. The van der Waals surface area contributed by atoms with Crippen molar-refractivity contribution < 1.29 is 35.9 Å². The highest BCUT2D eigenvalue weighted by Gasteiger charge is 2.38. The van der Waals surface area contributed by atoms with Crippen LogP contribution in [0.5, 0.6) is 0 Å². The SMILES string of the molecule is CC(=O)OC[C@@H](Cl)c1cc(C(F)(F)F)nc2c(C(F)(F)F)cccc12. The number of nitrogens with zero attached hydrogens (tertiary/aromatic N) is 1. The molecule has 25 heavy (non-hydrogen) atoms. The molecule has 0 spiro atoms. The van der Waals surface area contributed by atoms with Gasteiger partial charge in [-0.25, -0.2) is 4.98 Å². The minimum atomic E-state index is -4.97. The highest BCUT2D eigenvalue weighted by molar-refractivity contribution is 6.22. The van der Waals surface area contributed by atoms with Gasteiger partial charge in [0.1, 0.15) is 12.3 Å². The summed E-state index contributed by atoms with van der Waals surface area (Å²) in [6.45, 7) is 0.570. The molecule has 136 valence electrons. The highest BCUT2D eigenvalue weighted by Crippen LogP contribution is 2.39. The van der Waals surface area contributed by atoms with E-state index in [-0.39, 0.29) is 10.9 Å². The number of carbonyl (C=O) groups is 1. The Hall–Kier alpha value is -2.03. The number of benzene rings is 1. The zero-order chi connectivity index (χ0) is 19.0. The van der Waals surface area contributed by atoms with E-state index in [1.165, 1.54) is 6.07 Å². The third kappa shape index (κ3) is 4.33. The van der Waals surface area contributed by atoms with Gasteiger partial charge in [0.25, 0.3) is 0 Å². The molecule has 1 heterocycles. The zero-order valence-corrected chi connectivity index (χ0v) is 13.3. The van der Waals surface area contributed by atoms with Crippen LogP contribution in [0, 0.1) is 0 Å². The number of rotatable bonds is 3. The highest BCUT2D eigenvalue weighted by atomic mass is 35.5. The van der Waals surface area contributed by atoms with Gasteiger partial charge in [0.05, 0.1) is 16.5 Å². The minimum absolute atomic E-state index is 0.199. The number of para-hydroxylation sites is 1. The molecule has 1 aromatic carbocycles. The van der Waals surface area contributed by atoms with Crippen LogP contribution < -0.4 is 0 Å². The molecule has 0 N–H and O–H groups in total. The predicted molar refractivity (Wildman–Crippen MR) is 77.0 cm³/mol. The average molecular weight is 386 g/mol. The summed E-state index contributed by atoms with van der Waals surface area (Å²) in [5, 5.41) is -1.48. The number of fused-ring (bicyclic) bond motifs is 1. The Morgan fingerprint density at radius 1 is 1.20 bits per heavy atom. The summed E-state index contributed by atoms with van der Waals surface area (Å²) in [5.74, 6) is -0.726. The second kappa shape index (κ2) is 6.70. The molecule has 0 saturated carbocycles. The first kappa shape index (κ1) is 19.3. The molecule has 0 amide bonds. The van der Waals surface area contributed by atoms with Crippen LogP contribution in [0.4, 0.5) is 26.3 Å². The molecule has 0 fully saturated rings. The third-order valence-electron chi connectivity index (χ3n) is 3.24. The molecule has 0 saturated heterocycles. The van der Waals surface area contributed by atoms with E-state index in [0.717, 1.165) is 13.0 Å². The Kier molecular flexibility index (Phi) is 5.17. The Morgan fingerprint density at radius 3 is 2.36 bits per heavy atom. The summed E-state index contributed by atoms with van der Waals surface area (Å²) in [5.41, 5.74) is -3.95. The number of halogens is 7. The van der Waals surface area contributed by atoms with Crippen LogP contribution in [-0.2, 0) is 21.9 Å². The van der Waals surface area contributed by atoms with E-state index in [9.17, 15) is 31.1 Å². The number of ether oxygens (including phenoxy) is 1. The predicted octanol–water partition coefficient (Wildman–Crippen LogP) is 5.12. The number of carbonyl (C=O) groups excluding carboxylic acids is 1. The first-order valence-corrected chi connectivity index (χ1v) is 7.20. The van der Waals surface area contributed by atoms with E-state index in [1.54, 1.807) is 0 Å². The summed E-state index contributed by atoms with van der Waals surface area (Å²) in [7, 11) is 0. The number of aromatic nitrogens is 1. The fourth-order valence-corrected chi connectivity index (χ4v) is 2.43. The molecule has 2 rings (SSSR count). The van der Waals surface area contributed by atoms with Crippen LogP contribution in [0.15, 0.2) is 24.3 Å². The van der Waals surface area contributed by atoms with Gasteiger partial charge in [-0.1, -0.05) is 12.1 Å². The van der Waals surface area contributed by atoms with E-state index in [1.807, 2.05) is 0 Å². The van der Waals surface area contributed by atoms with Crippen LogP contribution in [0.25, 0.3) is 10.9 Å². The summed E-state index contributed by atoms with van der Waals surface area (Å²) >= 11 is 5.96. The number of pyridine rings is 1. The van der Waals surface area contributed by atoms with E-state index in [4.69, 9.17) is 11.6 Å². The first-order valence-electron chi connectivity index (χ1n) is 6.76. The van der Waals surface area contributed by atoms with E-state index >= 15 is 0 Å². The van der Waals surface area contributed by atoms with Crippen molar-refractivity contribution in [1.82, 2.24) is 4.98 Å². The molecule has 0 aliphatic heterocycles. The van der Waals surface area contributed by atoms with E-state index in [0.29, 0.717) is 12.1 Å². The molecule has 1 atom stereocenters.